The van der Waals surface area contributed by atoms with Crippen molar-refractivity contribution in [3.05, 3.63) is 35.0 Å². The van der Waals surface area contributed by atoms with E-state index in [1.807, 2.05) is 0 Å². The molecule has 174 valence electrons. The molecule has 0 unspecified atom stereocenters. The van der Waals surface area contributed by atoms with Crippen LogP contribution in [0.25, 0.3) is 20.9 Å². The van der Waals surface area contributed by atoms with E-state index < -0.39 is 0 Å². The lowest BCUT2D eigenvalue weighted by Gasteiger charge is -2.32. The van der Waals surface area contributed by atoms with Crippen molar-refractivity contribution in [2.45, 2.75) is 18.5 Å². The minimum atomic E-state index is -0.236. The van der Waals surface area contributed by atoms with Gasteiger partial charge in [0.1, 0.15) is 26.9 Å². The summed E-state index contributed by atoms with van der Waals surface area (Å²) in [7, 11) is 3.03. The van der Waals surface area contributed by atoms with E-state index in [4.69, 9.17) is 37.4 Å². The molecule has 9 nitrogen and oxygen atoms in total. The Kier molecular flexibility index (Phi) is 7.18. The zero-order valence-corrected chi connectivity index (χ0v) is 20.2. The number of fused-ring (bicyclic) bond motifs is 1. The minimum absolute atomic E-state index is 0.137. The lowest BCUT2D eigenvalue weighted by molar-refractivity contribution is -0.117. The molecule has 3 aromatic rings. The fourth-order valence-corrected chi connectivity index (χ4v) is 5.21. The number of methoxy groups -OCH3 is 2. The number of halogens is 2. The van der Waals surface area contributed by atoms with Gasteiger partial charge in [-0.25, -0.2) is 15.0 Å². The van der Waals surface area contributed by atoms with E-state index in [1.165, 1.54) is 31.6 Å². The van der Waals surface area contributed by atoms with Gasteiger partial charge in [-0.3, -0.25) is 4.79 Å². The second kappa shape index (κ2) is 10.1. The lowest BCUT2D eigenvalue weighted by Crippen LogP contribution is -2.52. The van der Waals surface area contributed by atoms with Crippen LogP contribution in [-0.2, 0) is 9.53 Å². The Morgan fingerprint density at radius 1 is 1.24 bits per heavy atom. The maximum absolute atomic E-state index is 11.8. The highest BCUT2D eigenvalue weighted by atomic mass is 35.5. The van der Waals surface area contributed by atoms with Crippen molar-refractivity contribution in [3.8, 4) is 22.1 Å². The topological polar surface area (TPSA) is 107 Å². The number of aromatic nitrogens is 3. The number of carbonyl (C=O) groups excluding carboxylic acids is 1. The van der Waals surface area contributed by atoms with E-state index in [0.717, 1.165) is 0 Å². The first-order valence-electron chi connectivity index (χ1n) is 9.96. The van der Waals surface area contributed by atoms with Crippen LogP contribution in [0.15, 0.2) is 24.9 Å². The number of hydrogen-bond acceptors (Lipinski definition) is 9. The molecule has 1 amide bonds. The van der Waals surface area contributed by atoms with Crippen LogP contribution in [0, 0.1) is 0 Å². The summed E-state index contributed by atoms with van der Waals surface area (Å²) < 4.78 is 16.3. The summed E-state index contributed by atoms with van der Waals surface area (Å²) in [5.74, 6) is 1.00. The maximum atomic E-state index is 11.8. The maximum Gasteiger partial charge on any atom is 0.243 e. The van der Waals surface area contributed by atoms with E-state index in [9.17, 15) is 4.79 Å². The zero-order chi connectivity index (χ0) is 23.5. The highest BCUT2D eigenvalue weighted by Crippen LogP contribution is 2.47. The first kappa shape index (κ1) is 23.5. The standard InChI is InChI=1S/C21H21Cl2N5O4S/c1-4-15(29)25-10-5-6-32-9-12(10)27-21-24-8-11-19(28-21)33-20(26-11)16-17(22)13(30-2)7-14(31-3)18(16)23/h4,7-8,10,12H,1,5-6,9H2,2-3H3,(H,25,29)(H,24,27,28)/t10-,12+/m0/s1. The van der Waals surface area contributed by atoms with Crippen LogP contribution in [0.3, 0.4) is 0 Å². The smallest absolute Gasteiger partial charge is 0.243 e. The van der Waals surface area contributed by atoms with Gasteiger partial charge in [-0.1, -0.05) is 41.1 Å². The fraction of sp³-hybridized carbons (Fsp3) is 0.333. The Morgan fingerprint density at radius 2 is 1.97 bits per heavy atom. The molecule has 1 saturated heterocycles. The summed E-state index contributed by atoms with van der Waals surface area (Å²) in [6.07, 6.45) is 3.53. The van der Waals surface area contributed by atoms with Crippen LogP contribution in [0.1, 0.15) is 6.42 Å². The zero-order valence-electron chi connectivity index (χ0n) is 17.9. The van der Waals surface area contributed by atoms with Gasteiger partial charge in [0.15, 0.2) is 0 Å². The summed E-state index contributed by atoms with van der Waals surface area (Å²) in [4.78, 5) is 26.0. The van der Waals surface area contributed by atoms with Gasteiger partial charge in [-0.05, 0) is 12.5 Å². The Morgan fingerprint density at radius 3 is 2.64 bits per heavy atom. The van der Waals surface area contributed by atoms with E-state index >= 15 is 0 Å². The SMILES string of the molecule is C=CC(=O)N[C@H]1CCOC[C@H]1Nc1ncc2nc(-c3c(Cl)c(OC)cc(OC)c3Cl)sc2n1. The van der Waals surface area contributed by atoms with Gasteiger partial charge in [-0.15, -0.1) is 0 Å². The average molecular weight is 510 g/mol. The van der Waals surface area contributed by atoms with Crippen LogP contribution < -0.4 is 20.1 Å². The molecule has 0 spiro atoms. The largest absolute Gasteiger partial charge is 0.495 e. The molecule has 2 aromatic heterocycles. The van der Waals surface area contributed by atoms with Crippen molar-refractivity contribution in [3.63, 3.8) is 0 Å². The number of benzene rings is 1. The van der Waals surface area contributed by atoms with Crippen LogP contribution in [-0.4, -0.2) is 60.4 Å². The second-order valence-electron chi connectivity index (χ2n) is 7.12. The molecule has 0 aliphatic carbocycles. The molecular formula is C21H21Cl2N5O4S. The highest BCUT2D eigenvalue weighted by molar-refractivity contribution is 7.21. The van der Waals surface area contributed by atoms with Crippen molar-refractivity contribution in [2.75, 3.05) is 32.8 Å². The highest BCUT2D eigenvalue weighted by Gasteiger charge is 2.28. The monoisotopic (exact) mass is 509 g/mol. The molecule has 3 heterocycles. The lowest BCUT2D eigenvalue weighted by atomic mass is 10.0. The molecule has 1 fully saturated rings. The Bertz CT molecular complexity index is 1180. The molecule has 0 bridgehead atoms. The van der Waals surface area contributed by atoms with Gasteiger partial charge in [0.05, 0.1) is 54.7 Å². The molecular weight excluding hydrogens is 489 g/mol. The first-order valence-corrected chi connectivity index (χ1v) is 11.5. The van der Waals surface area contributed by atoms with E-state index in [1.54, 1.807) is 12.3 Å². The molecule has 0 saturated carbocycles. The summed E-state index contributed by atoms with van der Waals surface area (Å²) in [5.41, 5.74) is 1.09. The number of anilines is 1. The number of nitrogens with zero attached hydrogens (tertiary/aromatic N) is 3. The van der Waals surface area contributed by atoms with Gasteiger partial charge in [0.25, 0.3) is 0 Å². The Hall–Kier alpha value is -2.66. The van der Waals surface area contributed by atoms with Gasteiger partial charge in [-0.2, -0.15) is 0 Å². The summed E-state index contributed by atoms with van der Waals surface area (Å²) in [5, 5.41) is 7.38. The van der Waals surface area contributed by atoms with Crippen molar-refractivity contribution < 1.29 is 19.0 Å². The molecule has 1 aromatic carbocycles. The van der Waals surface area contributed by atoms with Gasteiger partial charge in [0.2, 0.25) is 11.9 Å². The number of amides is 1. The normalized spacial score (nSPS) is 18.1. The van der Waals surface area contributed by atoms with Crippen LogP contribution in [0.4, 0.5) is 5.95 Å². The van der Waals surface area contributed by atoms with Crippen LogP contribution >= 0.6 is 34.5 Å². The number of nitrogens with one attached hydrogen (secondary N) is 2. The Labute approximate surface area is 204 Å². The summed E-state index contributed by atoms with van der Waals surface area (Å²) in [6.45, 7) is 4.47. The molecule has 1 aliphatic heterocycles. The summed E-state index contributed by atoms with van der Waals surface area (Å²) in [6, 6.07) is 1.29. The van der Waals surface area contributed by atoms with E-state index in [-0.39, 0.29) is 18.0 Å². The molecule has 2 atom stereocenters. The van der Waals surface area contributed by atoms with Crippen molar-refractivity contribution in [1.82, 2.24) is 20.3 Å². The predicted octanol–water partition coefficient (Wildman–Crippen LogP) is 3.95. The van der Waals surface area contributed by atoms with Gasteiger partial charge in [0, 0.05) is 12.7 Å². The van der Waals surface area contributed by atoms with Crippen LogP contribution in [0.2, 0.25) is 10.0 Å². The molecule has 33 heavy (non-hydrogen) atoms. The number of hydrogen-bond donors (Lipinski definition) is 2. The molecule has 1 aliphatic rings. The number of thiazole rings is 1. The summed E-state index contributed by atoms with van der Waals surface area (Å²) >= 11 is 14.4. The third-order valence-corrected chi connectivity index (χ3v) is 6.86. The quantitative estimate of drug-likeness (QED) is 0.461. The van der Waals surface area contributed by atoms with E-state index in [0.29, 0.717) is 68.0 Å². The van der Waals surface area contributed by atoms with Crippen LogP contribution in [0.5, 0.6) is 11.5 Å². The van der Waals surface area contributed by atoms with E-state index in [2.05, 4.69) is 32.2 Å². The number of carbonyl (C=O) groups is 1. The van der Waals surface area contributed by atoms with Crippen molar-refractivity contribution in [2.24, 2.45) is 0 Å². The molecule has 2 N–H and O–H groups in total. The Balaban J connectivity index is 1.65. The number of rotatable bonds is 7. The molecule has 0 radical (unpaired) electrons. The third-order valence-electron chi connectivity index (χ3n) is 5.12. The van der Waals surface area contributed by atoms with Crippen molar-refractivity contribution in [1.29, 1.82) is 0 Å². The average Bonchev–Trinajstić information content (AvgIpc) is 3.23. The molecule has 12 heteroatoms. The predicted molar refractivity (Wildman–Crippen MR) is 129 cm³/mol. The van der Waals surface area contributed by atoms with Gasteiger partial charge < -0.3 is 24.8 Å². The second-order valence-corrected chi connectivity index (χ2v) is 8.85. The molecule has 4 rings (SSSR count). The third kappa shape index (κ3) is 4.84. The van der Waals surface area contributed by atoms with Gasteiger partial charge >= 0.3 is 0 Å². The fourth-order valence-electron chi connectivity index (χ4n) is 3.45. The first-order chi connectivity index (χ1) is 15.9. The van der Waals surface area contributed by atoms with Crippen molar-refractivity contribution >= 4 is 56.7 Å². The minimum Gasteiger partial charge on any atom is -0.495 e. The number of ether oxygens (including phenoxy) is 3.